The fourth-order valence-electron chi connectivity index (χ4n) is 2.47. The molecule has 104 valence electrons. The first kappa shape index (κ1) is 12.6. The largest absolute Gasteiger partial charge is 0.491 e. The quantitative estimate of drug-likeness (QED) is 0.763. The molecule has 0 radical (unpaired) electrons. The van der Waals surface area contributed by atoms with Gasteiger partial charge in [0.15, 0.2) is 0 Å². The lowest BCUT2D eigenvalue weighted by Crippen LogP contribution is -2.28. The fraction of sp³-hybridized carbons (Fsp3) is 0.625. The summed E-state index contributed by atoms with van der Waals surface area (Å²) in [6.45, 7) is 4.06. The molecule has 3 rings (SSSR count). The Balaban J connectivity index is 1.76. The third-order valence-electron chi connectivity index (χ3n) is 3.93. The lowest BCUT2D eigenvalue weighted by molar-refractivity contribution is 0.319. The van der Waals surface area contributed by atoms with Crippen molar-refractivity contribution in [3.05, 3.63) is 18.2 Å². The van der Waals surface area contributed by atoms with Crippen molar-refractivity contribution in [2.75, 3.05) is 23.8 Å². The number of hydrogen-bond acceptors (Lipinski definition) is 3. The fourth-order valence-corrected chi connectivity index (χ4v) is 2.47. The Morgan fingerprint density at radius 3 is 2.68 bits per heavy atom. The Hall–Kier alpha value is -1.38. The smallest absolute Gasteiger partial charge is 0.144 e. The first-order valence-corrected chi connectivity index (χ1v) is 7.57. The molecule has 0 aromatic heterocycles. The minimum atomic E-state index is 0.736. The van der Waals surface area contributed by atoms with Gasteiger partial charge in [0.25, 0.3) is 0 Å². The molecule has 3 heteroatoms. The summed E-state index contributed by atoms with van der Waals surface area (Å²) in [6.07, 6.45) is 6.48. The highest BCUT2D eigenvalue weighted by atomic mass is 16.5. The minimum Gasteiger partial charge on any atom is -0.491 e. The van der Waals surface area contributed by atoms with Gasteiger partial charge in [-0.05, 0) is 50.2 Å². The Morgan fingerprint density at radius 2 is 2.05 bits per heavy atom. The van der Waals surface area contributed by atoms with Crippen LogP contribution in [0.25, 0.3) is 0 Å². The van der Waals surface area contributed by atoms with Crippen LogP contribution < -0.4 is 15.4 Å². The first-order valence-electron chi connectivity index (χ1n) is 7.57. The van der Waals surface area contributed by atoms with E-state index in [0.29, 0.717) is 0 Å². The van der Waals surface area contributed by atoms with Crippen molar-refractivity contribution in [3.63, 3.8) is 0 Å². The molecule has 1 aromatic rings. The molecule has 0 atom stereocenters. The van der Waals surface area contributed by atoms with Crippen molar-refractivity contribution in [2.24, 2.45) is 5.92 Å². The summed E-state index contributed by atoms with van der Waals surface area (Å²) in [5, 5.41) is 0. The summed E-state index contributed by atoms with van der Waals surface area (Å²) in [5.74, 6) is 1.76. The van der Waals surface area contributed by atoms with Crippen molar-refractivity contribution in [2.45, 2.75) is 45.1 Å². The van der Waals surface area contributed by atoms with Crippen molar-refractivity contribution < 1.29 is 4.74 Å². The zero-order valence-corrected chi connectivity index (χ0v) is 11.8. The normalized spacial score (nSPS) is 18.4. The van der Waals surface area contributed by atoms with Crippen LogP contribution in [-0.2, 0) is 0 Å². The number of nitrogens with two attached hydrogens (primary N) is 1. The molecule has 0 unspecified atom stereocenters. The SMILES string of the molecule is CCCOc1cc(N(CC2CC2)C2CC2)ccc1N. The predicted octanol–water partition coefficient (Wildman–Crippen LogP) is 3.44. The van der Waals surface area contributed by atoms with Gasteiger partial charge in [0, 0.05) is 24.3 Å². The lowest BCUT2D eigenvalue weighted by atomic mass is 10.2. The highest BCUT2D eigenvalue weighted by Crippen LogP contribution is 2.39. The number of rotatable bonds is 7. The van der Waals surface area contributed by atoms with Gasteiger partial charge in [-0.1, -0.05) is 6.92 Å². The lowest BCUT2D eigenvalue weighted by Gasteiger charge is -2.25. The Labute approximate surface area is 115 Å². The van der Waals surface area contributed by atoms with Gasteiger partial charge in [0.2, 0.25) is 0 Å². The second-order valence-electron chi connectivity index (χ2n) is 5.90. The van der Waals surface area contributed by atoms with Gasteiger partial charge in [-0.2, -0.15) is 0 Å². The monoisotopic (exact) mass is 260 g/mol. The van der Waals surface area contributed by atoms with Crippen LogP contribution in [0.4, 0.5) is 11.4 Å². The van der Waals surface area contributed by atoms with Crippen LogP contribution in [0, 0.1) is 5.92 Å². The molecule has 0 heterocycles. The first-order chi connectivity index (χ1) is 9.28. The number of hydrogen-bond donors (Lipinski definition) is 1. The second-order valence-corrected chi connectivity index (χ2v) is 5.90. The molecule has 2 saturated carbocycles. The molecule has 2 aliphatic carbocycles. The van der Waals surface area contributed by atoms with E-state index in [9.17, 15) is 0 Å². The van der Waals surface area contributed by atoms with Crippen molar-refractivity contribution in [3.8, 4) is 5.75 Å². The number of anilines is 2. The zero-order chi connectivity index (χ0) is 13.2. The van der Waals surface area contributed by atoms with Crippen LogP contribution in [0.3, 0.4) is 0 Å². The average Bonchev–Trinajstić information content (AvgIpc) is 3.27. The third-order valence-corrected chi connectivity index (χ3v) is 3.93. The number of benzene rings is 1. The van der Waals surface area contributed by atoms with Gasteiger partial charge < -0.3 is 15.4 Å². The van der Waals surface area contributed by atoms with Gasteiger partial charge in [0.1, 0.15) is 5.75 Å². The molecular weight excluding hydrogens is 236 g/mol. The van der Waals surface area contributed by atoms with E-state index >= 15 is 0 Å². The van der Waals surface area contributed by atoms with E-state index in [1.807, 2.05) is 6.07 Å². The van der Waals surface area contributed by atoms with Crippen molar-refractivity contribution >= 4 is 11.4 Å². The summed E-state index contributed by atoms with van der Waals surface area (Å²) in [7, 11) is 0. The van der Waals surface area contributed by atoms with E-state index < -0.39 is 0 Å². The van der Waals surface area contributed by atoms with Gasteiger partial charge >= 0.3 is 0 Å². The topological polar surface area (TPSA) is 38.5 Å². The molecule has 19 heavy (non-hydrogen) atoms. The molecule has 0 amide bonds. The van der Waals surface area contributed by atoms with Gasteiger partial charge in [-0.3, -0.25) is 0 Å². The number of nitrogens with zero attached hydrogens (tertiary/aromatic N) is 1. The van der Waals surface area contributed by atoms with Gasteiger partial charge in [-0.15, -0.1) is 0 Å². The van der Waals surface area contributed by atoms with Crippen LogP contribution in [0.15, 0.2) is 18.2 Å². The summed E-state index contributed by atoms with van der Waals surface area (Å²) >= 11 is 0. The minimum absolute atomic E-state index is 0.736. The second kappa shape index (κ2) is 5.32. The zero-order valence-electron chi connectivity index (χ0n) is 11.8. The van der Waals surface area contributed by atoms with Crippen LogP contribution in [-0.4, -0.2) is 19.2 Å². The van der Waals surface area contributed by atoms with Crippen molar-refractivity contribution in [1.82, 2.24) is 0 Å². The van der Waals surface area contributed by atoms with Gasteiger partial charge in [-0.25, -0.2) is 0 Å². The molecule has 0 saturated heterocycles. The van der Waals surface area contributed by atoms with Gasteiger partial charge in [0.05, 0.1) is 12.3 Å². The maximum atomic E-state index is 5.99. The van der Waals surface area contributed by atoms with E-state index in [4.69, 9.17) is 10.5 Å². The van der Waals surface area contributed by atoms with Crippen molar-refractivity contribution in [1.29, 1.82) is 0 Å². The van der Waals surface area contributed by atoms with E-state index in [1.165, 1.54) is 37.9 Å². The number of ether oxygens (including phenoxy) is 1. The summed E-state index contributed by atoms with van der Waals surface area (Å²) in [5.41, 5.74) is 8.03. The molecule has 1 aromatic carbocycles. The molecular formula is C16H24N2O. The average molecular weight is 260 g/mol. The molecule has 0 aliphatic heterocycles. The standard InChI is InChI=1S/C16H24N2O/c1-2-9-19-16-10-14(7-8-15(16)17)18(13-5-6-13)11-12-3-4-12/h7-8,10,12-13H,2-6,9,11,17H2,1H3. The summed E-state index contributed by atoms with van der Waals surface area (Å²) in [6, 6.07) is 7.02. The maximum Gasteiger partial charge on any atom is 0.144 e. The summed E-state index contributed by atoms with van der Waals surface area (Å²) < 4.78 is 5.75. The Kier molecular flexibility index (Phi) is 3.54. The maximum absolute atomic E-state index is 5.99. The highest BCUT2D eigenvalue weighted by Gasteiger charge is 2.34. The molecule has 2 N–H and O–H groups in total. The van der Waals surface area contributed by atoms with E-state index in [2.05, 4.69) is 24.0 Å². The predicted molar refractivity (Wildman–Crippen MR) is 79.7 cm³/mol. The molecule has 0 spiro atoms. The van der Waals surface area contributed by atoms with Crippen LogP contribution in [0.5, 0.6) is 5.75 Å². The van der Waals surface area contributed by atoms with E-state index in [1.54, 1.807) is 0 Å². The molecule has 0 bridgehead atoms. The molecule has 2 aliphatic rings. The van der Waals surface area contributed by atoms with Crippen LogP contribution >= 0.6 is 0 Å². The third kappa shape index (κ3) is 3.14. The van der Waals surface area contributed by atoms with E-state index in [-0.39, 0.29) is 0 Å². The Morgan fingerprint density at radius 1 is 1.26 bits per heavy atom. The number of nitrogen functional groups attached to an aromatic ring is 1. The Bertz CT molecular complexity index is 438. The van der Waals surface area contributed by atoms with E-state index in [0.717, 1.165) is 36.4 Å². The highest BCUT2D eigenvalue weighted by molar-refractivity contribution is 5.63. The molecule has 2 fully saturated rings. The summed E-state index contributed by atoms with van der Waals surface area (Å²) in [4.78, 5) is 2.57. The van der Waals surface area contributed by atoms with Crippen LogP contribution in [0.2, 0.25) is 0 Å². The van der Waals surface area contributed by atoms with Crippen LogP contribution in [0.1, 0.15) is 39.0 Å². The molecule has 3 nitrogen and oxygen atoms in total.